The van der Waals surface area contributed by atoms with Crippen molar-refractivity contribution < 1.29 is 23.8 Å². The summed E-state index contributed by atoms with van der Waals surface area (Å²) in [5.74, 6) is -0.125. The van der Waals surface area contributed by atoms with Crippen LogP contribution in [0.2, 0.25) is 0 Å². The minimum absolute atomic E-state index is 0.0855. The Balaban J connectivity index is 1.91. The van der Waals surface area contributed by atoms with Crippen molar-refractivity contribution in [3.8, 4) is 11.5 Å². The number of phenols is 1. The molecule has 114 valence electrons. The molecule has 0 amide bonds. The van der Waals surface area contributed by atoms with E-state index in [4.69, 9.17) is 19.0 Å². The van der Waals surface area contributed by atoms with Gasteiger partial charge in [-0.1, -0.05) is 12.1 Å². The second-order valence-electron chi connectivity index (χ2n) is 4.31. The summed E-state index contributed by atoms with van der Waals surface area (Å²) in [6.45, 7) is -0.155. The second kappa shape index (κ2) is 7.12. The van der Waals surface area contributed by atoms with E-state index in [0.717, 1.165) is 11.8 Å². The molecule has 0 saturated heterocycles. The molecule has 1 heterocycles. The Hall–Kier alpha value is -3.02. The maximum Gasteiger partial charge on any atom is 0.331 e. The number of aromatic hydroxyl groups is 1. The quantitative estimate of drug-likeness (QED) is 0.672. The van der Waals surface area contributed by atoms with E-state index in [1.54, 1.807) is 18.2 Å². The maximum atomic E-state index is 11.6. The number of benzene rings is 1. The van der Waals surface area contributed by atoms with Crippen molar-refractivity contribution in [3.63, 3.8) is 0 Å². The van der Waals surface area contributed by atoms with Crippen LogP contribution in [0.5, 0.6) is 11.5 Å². The Morgan fingerprint density at radius 2 is 2.05 bits per heavy atom. The van der Waals surface area contributed by atoms with E-state index in [2.05, 4.69) is 0 Å². The molecule has 0 aliphatic rings. The second-order valence-corrected chi connectivity index (χ2v) is 4.31. The van der Waals surface area contributed by atoms with Crippen molar-refractivity contribution in [1.29, 1.82) is 0 Å². The zero-order chi connectivity index (χ0) is 15.9. The van der Waals surface area contributed by atoms with Gasteiger partial charge in [0.25, 0.3) is 0 Å². The largest absolute Gasteiger partial charge is 0.508 e. The van der Waals surface area contributed by atoms with Gasteiger partial charge in [0.15, 0.2) is 0 Å². The fourth-order valence-electron chi connectivity index (χ4n) is 1.60. The highest BCUT2D eigenvalue weighted by Gasteiger charge is 2.05. The van der Waals surface area contributed by atoms with Crippen LogP contribution in [0.1, 0.15) is 11.3 Å². The monoisotopic (exact) mass is 302 g/mol. The SMILES string of the molecule is COc1coc(COC(=O)C=Cc2ccc(O)cc2)cc1=O. The Labute approximate surface area is 126 Å². The molecule has 2 aromatic rings. The molecular weight excluding hydrogens is 288 g/mol. The molecule has 6 nitrogen and oxygen atoms in total. The van der Waals surface area contributed by atoms with Crippen molar-refractivity contribution in [2.45, 2.75) is 6.61 Å². The first-order chi connectivity index (χ1) is 10.6. The van der Waals surface area contributed by atoms with Crippen LogP contribution in [0.3, 0.4) is 0 Å². The van der Waals surface area contributed by atoms with Crippen molar-refractivity contribution >= 4 is 12.0 Å². The van der Waals surface area contributed by atoms with E-state index in [-0.39, 0.29) is 29.3 Å². The smallest absolute Gasteiger partial charge is 0.331 e. The van der Waals surface area contributed by atoms with Gasteiger partial charge in [0.05, 0.1) is 7.11 Å². The number of methoxy groups -OCH3 is 1. The lowest BCUT2D eigenvalue weighted by atomic mass is 10.2. The van der Waals surface area contributed by atoms with E-state index in [1.165, 1.54) is 31.4 Å². The fraction of sp³-hybridized carbons (Fsp3) is 0.125. The van der Waals surface area contributed by atoms with Crippen LogP contribution in [-0.2, 0) is 16.1 Å². The average Bonchev–Trinajstić information content (AvgIpc) is 2.52. The summed E-state index contributed by atoms with van der Waals surface area (Å²) in [7, 11) is 1.36. The van der Waals surface area contributed by atoms with Crippen molar-refractivity contribution in [3.05, 3.63) is 64.2 Å². The highest BCUT2D eigenvalue weighted by atomic mass is 16.5. The van der Waals surface area contributed by atoms with Crippen LogP contribution in [0.25, 0.3) is 6.08 Å². The van der Waals surface area contributed by atoms with Gasteiger partial charge in [-0.3, -0.25) is 4.79 Å². The van der Waals surface area contributed by atoms with Gasteiger partial charge in [0.2, 0.25) is 11.2 Å². The van der Waals surface area contributed by atoms with Crippen molar-refractivity contribution in [1.82, 2.24) is 0 Å². The van der Waals surface area contributed by atoms with Gasteiger partial charge in [-0.25, -0.2) is 4.79 Å². The van der Waals surface area contributed by atoms with E-state index in [1.807, 2.05) is 0 Å². The predicted octanol–water partition coefficient (Wildman–Crippen LogP) is 2.11. The number of phenolic OH excluding ortho intramolecular Hbond substituents is 1. The van der Waals surface area contributed by atoms with Crippen LogP contribution in [0, 0.1) is 0 Å². The molecule has 1 N–H and O–H groups in total. The highest BCUT2D eigenvalue weighted by Crippen LogP contribution is 2.11. The topological polar surface area (TPSA) is 86.0 Å². The summed E-state index contributed by atoms with van der Waals surface area (Å²) in [6.07, 6.45) is 3.96. The summed E-state index contributed by atoms with van der Waals surface area (Å²) in [5, 5.41) is 9.14. The number of hydrogen-bond acceptors (Lipinski definition) is 6. The average molecular weight is 302 g/mol. The van der Waals surface area contributed by atoms with Crippen LogP contribution < -0.4 is 10.2 Å². The van der Waals surface area contributed by atoms with Gasteiger partial charge >= 0.3 is 5.97 Å². The third-order valence-electron chi connectivity index (χ3n) is 2.73. The lowest BCUT2D eigenvalue weighted by molar-refractivity contribution is -0.139. The molecule has 1 aromatic carbocycles. The summed E-state index contributed by atoms with van der Waals surface area (Å²) in [4.78, 5) is 23.1. The zero-order valence-corrected chi connectivity index (χ0v) is 11.8. The van der Waals surface area contributed by atoms with E-state index < -0.39 is 5.97 Å². The first kappa shape index (κ1) is 15.4. The minimum Gasteiger partial charge on any atom is -0.508 e. The molecule has 22 heavy (non-hydrogen) atoms. The standard InChI is InChI=1S/C16H14O6/c1-20-15-10-21-13(8-14(15)18)9-22-16(19)7-4-11-2-5-12(17)6-3-11/h2-8,10,17H,9H2,1H3. The number of ether oxygens (including phenoxy) is 2. The first-order valence-electron chi connectivity index (χ1n) is 6.38. The Kier molecular flexibility index (Phi) is 4.98. The van der Waals surface area contributed by atoms with Gasteiger partial charge in [0, 0.05) is 12.1 Å². The van der Waals surface area contributed by atoms with Crippen LogP contribution in [0.4, 0.5) is 0 Å². The molecule has 0 aliphatic heterocycles. The van der Waals surface area contributed by atoms with Gasteiger partial charge in [0.1, 0.15) is 24.4 Å². The van der Waals surface area contributed by atoms with Crippen LogP contribution in [0.15, 0.2) is 51.9 Å². The third-order valence-corrected chi connectivity index (χ3v) is 2.73. The normalized spacial score (nSPS) is 10.6. The summed E-state index contributed by atoms with van der Waals surface area (Å²) < 4.78 is 14.8. The van der Waals surface area contributed by atoms with Crippen molar-refractivity contribution in [2.24, 2.45) is 0 Å². The van der Waals surface area contributed by atoms with Crippen LogP contribution >= 0.6 is 0 Å². The third kappa shape index (κ3) is 4.24. The van der Waals surface area contributed by atoms with E-state index >= 15 is 0 Å². The maximum absolute atomic E-state index is 11.6. The Bertz CT molecular complexity index is 727. The molecule has 0 atom stereocenters. The number of carbonyl (C=O) groups excluding carboxylic acids is 1. The number of esters is 1. The zero-order valence-electron chi connectivity index (χ0n) is 11.8. The molecule has 1 aromatic heterocycles. The number of hydrogen-bond donors (Lipinski definition) is 1. The molecule has 0 unspecified atom stereocenters. The minimum atomic E-state index is -0.577. The number of rotatable bonds is 5. The Morgan fingerprint density at radius 3 is 2.68 bits per heavy atom. The lowest BCUT2D eigenvalue weighted by Crippen LogP contribution is -2.07. The van der Waals surface area contributed by atoms with Gasteiger partial charge in [-0.2, -0.15) is 0 Å². The van der Waals surface area contributed by atoms with E-state index in [9.17, 15) is 9.59 Å². The molecule has 0 radical (unpaired) electrons. The predicted molar refractivity (Wildman–Crippen MR) is 78.5 cm³/mol. The molecule has 0 aliphatic carbocycles. The summed E-state index contributed by atoms with van der Waals surface area (Å²) >= 11 is 0. The van der Waals surface area contributed by atoms with Gasteiger partial charge < -0.3 is 19.0 Å². The van der Waals surface area contributed by atoms with Crippen LogP contribution in [-0.4, -0.2) is 18.2 Å². The Morgan fingerprint density at radius 1 is 1.32 bits per heavy atom. The molecule has 0 fully saturated rings. The molecule has 0 saturated carbocycles. The molecule has 0 bridgehead atoms. The lowest BCUT2D eigenvalue weighted by Gasteiger charge is -2.02. The molecule has 6 heteroatoms. The van der Waals surface area contributed by atoms with Crippen molar-refractivity contribution in [2.75, 3.05) is 7.11 Å². The number of carbonyl (C=O) groups is 1. The van der Waals surface area contributed by atoms with Gasteiger partial charge in [-0.15, -0.1) is 0 Å². The molecule has 0 spiro atoms. The fourth-order valence-corrected chi connectivity index (χ4v) is 1.60. The summed E-state index contributed by atoms with van der Waals surface area (Å²) in [5.41, 5.74) is 0.394. The highest BCUT2D eigenvalue weighted by molar-refractivity contribution is 5.87. The van der Waals surface area contributed by atoms with E-state index in [0.29, 0.717) is 0 Å². The first-order valence-corrected chi connectivity index (χ1v) is 6.38. The molecule has 2 rings (SSSR count). The molecular formula is C16H14O6. The van der Waals surface area contributed by atoms with Gasteiger partial charge in [-0.05, 0) is 23.8 Å². The summed E-state index contributed by atoms with van der Waals surface area (Å²) in [6, 6.07) is 7.53.